The monoisotopic (exact) mass is 693 g/mol. The van der Waals surface area contributed by atoms with Crippen molar-refractivity contribution in [3.05, 3.63) is 186 Å². The quantitative estimate of drug-likeness (QED) is 0.180. The van der Waals surface area contributed by atoms with Crippen molar-refractivity contribution >= 4 is 0 Å². The molecule has 3 nitrogen and oxygen atoms in total. The number of nitrogens with zero attached hydrogens (tertiary/aromatic N) is 3. The minimum Gasteiger partial charge on any atom is -0.208 e. The Bertz CT molecular complexity index is 2690. The Hall–Kier alpha value is -6.45. The number of hydrogen-bond acceptors (Lipinski definition) is 3. The van der Waals surface area contributed by atoms with Gasteiger partial charge in [0.25, 0.3) is 0 Å². The van der Waals surface area contributed by atoms with Crippen molar-refractivity contribution in [2.45, 2.75) is 38.5 Å². The molecule has 0 atom stereocenters. The molecule has 0 unspecified atom stereocenters. The third-order valence-corrected chi connectivity index (χ3v) is 11.7. The van der Waals surface area contributed by atoms with Gasteiger partial charge >= 0.3 is 0 Å². The van der Waals surface area contributed by atoms with Crippen LogP contribution in [-0.4, -0.2) is 15.0 Å². The fourth-order valence-electron chi connectivity index (χ4n) is 8.74. The number of fused-ring (bicyclic) bond motifs is 6. The highest BCUT2D eigenvalue weighted by Crippen LogP contribution is 2.56. The second kappa shape index (κ2) is 12.0. The smallest absolute Gasteiger partial charge is 0.164 e. The number of aromatic nitrogens is 3. The summed E-state index contributed by atoms with van der Waals surface area (Å²) in [6.45, 7) is 9.50. The summed E-state index contributed by atoms with van der Waals surface area (Å²) in [6.07, 6.45) is 0. The van der Waals surface area contributed by atoms with Crippen molar-refractivity contribution in [3.8, 4) is 78.7 Å². The third kappa shape index (κ3) is 5.07. The van der Waals surface area contributed by atoms with Crippen molar-refractivity contribution in [1.29, 1.82) is 0 Å². The highest BCUT2D eigenvalue weighted by molar-refractivity contribution is 5.90. The minimum atomic E-state index is -0.104. The van der Waals surface area contributed by atoms with Crippen molar-refractivity contribution in [3.63, 3.8) is 0 Å². The molecule has 0 fully saturated rings. The largest absolute Gasteiger partial charge is 0.208 e. The fourth-order valence-corrected chi connectivity index (χ4v) is 8.74. The molecule has 0 aliphatic heterocycles. The van der Waals surface area contributed by atoms with Gasteiger partial charge in [0, 0.05) is 27.5 Å². The highest BCUT2D eigenvalue weighted by Gasteiger charge is 2.41. The van der Waals surface area contributed by atoms with Crippen LogP contribution < -0.4 is 0 Å². The molecule has 0 spiro atoms. The lowest BCUT2D eigenvalue weighted by molar-refractivity contribution is 0.652. The summed E-state index contributed by atoms with van der Waals surface area (Å²) in [5.74, 6) is 1.97. The molecular weight excluding hydrogens is 655 g/mol. The lowest BCUT2D eigenvalue weighted by Crippen LogP contribution is -2.17. The third-order valence-electron chi connectivity index (χ3n) is 11.7. The van der Waals surface area contributed by atoms with E-state index in [1.165, 1.54) is 55.6 Å². The van der Waals surface area contributed by atoms with Crippen LogP contribution in [-0.2, 0) is 10.8 Å². The Morgan fingerprint density at radius 2 is 0.685 bits per heavy atom. The first kappa shape index (κ1) is 32.2. The zero-order chi connectivity index (χ0) is 36.6. The van der Waals surface area contributed by atoms with Crippen LogP contribution in [0.25, 0.3) is 78.7 Å². The summed E-state index contributed by atoms with van der Waals surface area (Å²) in [5.41, 5.74) is 18.6. The zero-order valence-corrected chi connectivity index (χ0v) is 30.9. The molecule has 3 heteroatoms. The van der Waals surface area contributed by atoms with Crippen molar-refractivity contribution in [1.82, 2.24) is 15.0 Å². The lowest BCUT2D eigenvalue weighted by Gasteiger charge is -2.24. The average molecular weight is 694 g/mol. The van der Waals surface area contributed by atoms with Crippen LogP contribution in [0.15, 0.2) is 164 Å². The van der Waals surface area contributed by atoms with E-state index < -0.39 is 0 Å². The van der Waals surface area contributed by atoms with E-state index in [0.717, 1.165) is 27.8 Å². The predicted molar refractivity (Wildman–Crippen MR) is 222 cm³/mol. The second-order valence-corrected chi connectivity index (χ2v) is 15.7. The number of benzene rings is 7. The molecule has 0 saturated heterocycles. The molecule has 0 saturated carbocycles. The van der Waals surface area contributed by atoms with E-state index >= 15 is 0 Å². The summed E-state index contributed by atoms with van der Waals surface area (Å²) in [4.78, 5) is 14.8. The van der Waals surface area contributed by atoms with Gasteiger partial charge in [-0.1, -0.05) is 167 Å². The van der Waals surface area contributed by atoms with Crippen molar-refractivity contribution in [2.75, 3.05) is 0 Å². The molecule has 2 aliphatic carbocycles. The van der Waals surface area contributed by atoms with Crippen LogP contribution in [0.5, 0.6) is 0 Å². The highest BCUT2D eigenvalue weighted by atomic mass is 15.0. The summed E-state index contributed by atoms with van der Waals surface area (Å²) in [6, 6.07) is 58.6. The topological polar surface area (TPSA) is 38.7 Å². The van der Waals surface area contributed by atoms with Gasteiger partial charge in [-0.05, 0) is 91.0 Å². The standard InChI is InChI=1S/C51H39N3/c1-50(2)43-21-12-11-20-39(43)41-30-46-42(31-45(41)50)40-27-26-37(29-44(40)51(46,3)4)33-24-22-32(23-25-33)36-18-13-19-38(28-36)49-53-47(34-14-7-5-8-15-34)52-48(54-49)35-16-9-6-10-17-35/h5-31H,1-4H3. The Labute approximate surface area is 317 Å². The number of hydrogen-bond donors (Lipinski definition) is 0. The van der Waals surface area contributed by atoms with Crippen molar-refractivity contribution < 1.29 is 0 Å². The number of rotatable bonds is 5. The molecule has 258 valence electrons. The van der Waals surface area contributed by atoms with Crippen molar-refractivity contribution in [2.24, 2.45) is 0 Å². The van der Waals surface area contributed by atoms with Gasteiger partial charge in [-0.3, -0.25) is 0 Å². The summed E-state index contributed by atoms with van der Waals surface area (Å²) in [7, 11) is 0. The van der Waals surface area contributed by atoms with Gasteiger partial charge < -0.3 is 0 Å². The maximum atomic E-state index is 4.96. The Morgan fingerprint density at radius 1 is 0.278 bits per heavy atom. The maximum Gasteiger partial charge on any atom is 0.164 e. The first-order chi connectivity index (χ1) is 26.3. The molecule has 2 aliphatic rings. The summed E-state index contributed by atoms with van der Waals surface area (Å²) < 4.78 is 0. The molecule has 8 aromatic rings. The molecular formula is C51H39N3. The molecule has 0 amide bonds. The average Bonchev–Trinajstić information content (AvgIpc) is 3.59. The Morgan fingerprint density at radius 3 is 1.28 bits per heavy atom. The van der Waals surface area contributed by atoms with E-state index in [-0.39, 0.29) is 10.8 Å². The predicted octanol–water partition coefficient (Wildman–Crippen LogP) is 12.8. The van der Waals surface area contributed by atoms with Gasteiger partial charge in [-0.2, -0.15) is 0 Å². The van der Waals surface area contributed by atoms with E-state index in [1.807, 2.05) is 60.7 Å². The van der Waals surface area contributed by atoms with Crippen LogP contribution in [0.4, 0.5) is 0 Å². The molecule has 7 aromatic carbocycles. The molecule has 54 heavy (non-hydrogen) atoms. The first-order valence-corrected chi connectivity index (χ1v) is 18.8. The molecule has 10 rings (SSSR count). The van der Waals surface area contributed by atoms with Gasteiger partial charge in [0.15, 0.2) is 17.5 Å². The molecule has 0 bridgehead atoms. The van der Waals surface area contributed by atoms with Crippen LogP contribution in [0.3, 0.4) is 0 Å². The normalized spacial score (nSPS) is 14.2. The molecule has 1 aromatic heterocycles. The van der Waals surface area contributed by atoms with E-state index in [9.17, 15) is 0 Å². The Balaban J connectivity index is 0.976. The van der Waals surface area contributed by atoms with Crippen LogP contribution >= 0.6 is 0 Å². The first-order valence-electron chi connectivity index (χ1n) is 18.8. The fraction of sp³-hybridized carbons (Fsp3) is 0.118. The van der Waals surface area contributed by atoms with E-state index in [1.54, 1.807) is 0 Å². The maximum absolute atomic E-state index is 4.96. The second-order valence-electron chi connectivity index (χ2n) is 15.7. The van der Waals surface area contributed by atoms with Crippen LogP contribution in [0.2, 0.25) is 0 Å². The lowest BCUT2D eigenvalue weighted by atomic mass is 9.79. The van der Waals surface area contributed by atoms with Crippen LogP contribution in [0, 0.1) is 0 Å². The van der Waals surface area contributed by atoms with Gasteiger partial charge in [-0.25, -0.2) is 15.0 Å². The van der Waals surface area contributed by atoms with Gasteiger partial charge in [-0.15, -0.1) is 0 Å². The Kier molecular flexibility index (Phi) is 7.19. The molecule has 0 N–H and O–H groups in total. The summed E-state index contributed by atoms with van der Waals surface area (Å²) >= 11 is 0. The SMILES string of the molecule is CC1(C)c2ccccc2-c2cc3c(cc21)-c1ccc(-c2ccc(-c4cccc(-c5nc(-c6ccccc6)nc(-c6ccccc6)n5)c4)cc2)cc1C3(C)C. The van der Waals surface area contributed by atoms with E-state index in [4.69, 9.17) is 15.0 Å². The van der Waals surface area contributed by atoms with Gasteiger partial charge in [0.2, 0.25) is 0 Å². The molecule has 0 radical (unpaired) electrons. The van der Waals surface area contributed by atoms with E-state index in [2.05, 4.69) is 131 Å². The van der Waals surface area contributed by atoms with Crippen LogP contribution in [0.1, 0.15) is 49.9 Å². The molecule has 1 heterocycles. The van der Waals surface area contributed by atoms with Gasteiger partial charge in [0.1, 0.15) is 0 Å². The zero-order valence-electron chi connectivity index (χ0n) is 30.9. The minimum absolute atomic E-state index is 0.0173. The van der Waals surface area contributed by atoms with Gasteiger partial charge in [0.05, 0.1) is 0 Å². The summed E-state index contributed by atoms with van der Waals surface area (Å²) in [5, 5.41) is 0. The van der Waals surface area contributed by atoms with E-state index in [0.29, 0.717) is 17.5 Å².